The van der Waals surface area contributed by atoms with E-state index in [1.165, 1.54) is 18.5 Å². The third-order valence-corrected chi connectivity index (χ3v) is 5.79. The van der Waals surface area contributed by atoms with E-state index in [4.69, 9.17) is 15.5 Å². The number of methoxy groups -OCH3 is 1. The first-order chi connectivity index (χ1) is 14.6. The molecule has 0 bridgehead atoms. The molecule has 162 valence electrons. The Bertz CT molecular complexity index is 845. The maximum absolute atomic E-state index is 11.1. The first-order valence-corrected chi connectivity index (χ1v) is 10.6. The fraction of sp³-hybridized carbons (Fsp3) is 0.600. The number of rotatable bonds is 9. The summed E-state index contributed by atoms with van der Waals surface area (Å²) in [4.78, 5) is 22.6. The van der Waals surface area contributed by atoms with E-state index in [1.54, 1.807) is 13.3 Å². The lowest BCUT2D eigenvalue weighted by Gasteiger charge is -2.37. The Kier molecular flexibility index (Phi) is 6.32. The van der Waals surface area contributed by atoms with Crippen LogP contribution in [-0.2, 0) is 4.74 Å². The number of hydrogen-bond donors (Lipinski definition) is 4. The Hall–Kier alpha value is -2.88. The molecule has 0 aromatic carbocycles. The molecule has 0 radical (unpaired) electrons. The van der Waals surface area contributed by atoms with Crippen LogP contribution in [0.3, 0.4) is 0 Å². The molecule has 0 unspecified atom stereocenters. The van der Waals surface area contributed by atoms with Crippen molar-refractivity contribution in [2.45, 2.75) is 56.5 Å². The summed E-state index contributed by atoms with van der Waals surface area (Å²) in [5, 5.41) is 13.5. The van der Waals surface area contributed by atoms with Crippen LogP contribution in [0.25, 0.3) is 0 Å². The summed E-state index contributed by atoms with van der Waals surface area (Å²) >= 11 is 0. The number of carbonyl (C=O) groups excluding carboxylic acids is 1. The summed E-state index contributed by atoms with van der Waals surface area (Å²) in [5.41, 5.74) is 6.44. The van der Waals surface area contributed by atoms with Gasteiger partial charge in [0.2, 0.25) is 5.95 Å². The van der Waals surface area contributed by atoms with Gasteiger partial charge in [0.1, 0.15) is 5.82 Å². The smallest absolute Gasteiger partial charge is 0.312 e. The van der Waals surface area contributed by atoms with Crippen molar-refractivity contribution in [3.63, 3.8) is 0 Å². The minimum atomic E-state index is -0.458. The quantitative estimate of drug-likeness (QED) is 0.494. The molecule has 2 aliphatic carbocycles. The predicted molar refractivity (Wildman–Crippen MR) is 114 cm³/mol. The predicted octanol–water partition coefficient (Wildman–Crippen LogP) is 2.25. The number of ether oxygens (including phenoxy) is 1. The van der Waals surface area contributed by atoms with Gasteiger partial charge in [0.05, 0.1) is 6.61 Å². The highest BCUT2D eigenvalue weighted by atomic mass is 16.5. The lowest BCUT2D eigenvalue weighted by Crippen LogP contribution is -2.46. The Morgan fingerprint density at radius 3 is 2.77 bits per heavy atom. The number of amides is 2. The van der Waals surface area contributed by atoms with Gasteiger partial charge in [0, 0.05) is 49.6 Å². The van der Waals surface area contributed by atoms with E-state index in [0.717, 1.165) is 31.5 Å². The molecule has 0 aliphatic heterocycles. The number of carbonyl (C=O) groups is 1. The van der Waals surface area contributed by atoms with E-state index in [-0.39, 0.29) is 12.1 Å². The molecule has 2 aromatic rings. The zero-order valence-corrected chi connectivity index (χ0v) is 17.3. The monoisotopic (exact) mass is 414 g/mol. The number of urea groups is 1. The first kappa shape index (κ1) is 20.4. The fourth-order valence-corrected chi connectivity index (χ4v) is 4.06. The van der Waals surface area contributed by atoms with Crippen LogP contribution in [0.2, 0.25) is 0 Å². The van der Waals surface area contributed by atoms with Gasteiger partial charge in [-0.15, -0.1) is 0 Å². The number of nitrogens with two attached hydrogens (primary N) is 1. The van der Waals surface area contributed by atoms with E-state index < -0.39 is 6.03 Å². The lowest BCUT2D eigenvalue weighted by molar-refractivity contribution is 0.199. The topological polar surface area (TPSA) is 134 Å². The molecule has 4 rings (SSSR count). The molecule has 2 aromatic heterocycles. The highest BCUT2D eigenvalue weighted by molar-refractivity contribution is 5.71. The molecule has 2 saturated carbocycles. The van der Waals surface area contributed by atoms with E-state index in [0.29, 0.717) is 30.8 Å². The Morgan fingerprint density at radius 1 is 1.27 bits per heavy atom. The average Bonchev–Trinajstić information content (AvgIpc) is 3.49. The SMILES string of the molecule is COCCN(c1nccc(Nc2cc(C3CC3)[nH]n2)n1)[C@H]1CC[C@H](NC(N)=O)CC1. The summed E-state index contributed by atoms with van der Waals surface area (Å²) in [6.45, 7) is 1.29. The van der Waals surface area contributed by atoms with E-state index in [2.05, 4.69) is 36.8 Å². The molecule has 0 spiro atoms. The summed E-state index contributed by atoms with van der Waals surface area (Å²) in [5.74, 6) is 2.77. The number of nitrogens with one attached hydrogen (secondary N) is 3. The molecule has 2 heterocycles. The zero-order chi connectivity index (χ0) is 20.9. The highest BCUT2D eigenvalue weighted by Gasteiger charge is 2.28. The molecule has 2 fully saturated rings. The maximum Gasteiger partial charge on any atom is 0.312 e. The molecule has 0 atom stereocenters. The maximum atomic E-state index is 11.1. The van der Waals surface area contributed by atoms with E-state index in [9.17, 15) is 4.79 Å². The second-order valence-corrected chi connectivity index (χ2v) is 8.05. The van der Waals surface area contributed by atoms with Crippen LogP contribution < -0.4 is 21.3 Å². The Labute approximate surface area is 176 Å². The molecule has 10 nitrogen and oxygen atoms in total. The van der Waals surface area contributed by atoms with Crippen molar-refractivity contribution in [2.75, 3.05) is 30.5 Å². The molecule has 5 N–H and O–H groups in total. The van der Waals surface area contributed by atoms with Gasteiger partial charge in [-0.1, -0.05) is 0 Å². The second-order valence-electron chi connectivity index (χ2n) is 8.05. The summed E-state index contributed by atoms with van der Waals surface area (Å²) < 4.78 is 5.31. The Morgan fingerprint density at radius 2 is 2.07 bits per heavy atom. The van der Waals surface area contributed by atoms with Crippen LogP contribution in [0.1, 0.15) is 50.1 Å². The van der Waals surface area contributed by atoms with Gasteiger partial charge in [-0.2, -0.15) is 10.1 Å². The third-order valence-electron chi connectivity index (χ3n) is 5.79. The molecular formula is C20H30N8O2. The summed E-state index contributed by atoms with van der Waals surface area (Å²) in [6.07, 6.45) is 7.84. The fourth-order valence-electron chi connectivity index (χ4n) is 4.06. The third kappa shape index (κ3) is 5.18. The van der Waals surface area contributed by atoms with Gasteiger partial charge >= 0.3 is 6.03 Å². The number of nitrogens with zero attached hydrogens (tertiary/aromatic N) is 4. The largest absolute Gasteiger partial charge is 0.383 e. The van der Waals surface area contributed by atoms with Crippen molar-refractivity contribution < 1.29 is 9.53 Å². The molecule has 30 heavy (non-hydrogen) atoms. The van der Waals surface area contributed by atoms with Gasteiger partial charge in [0.15, 0.2) is 5.82 Å². The molecule has 2 amide bonds. The number of hydrogen-bond acceptors (Lipinski definition) is 7. The minimum Gasteiger partial charge on any atom is -0.383 e. The van der Waals surface area contributed by atoms with Crippen molar-refractivity contribution >= 4 is 23.6 Å². The number of anilines is 3. The van der Waals surface area contributed by atoms with Crippen LogP contribution in [0.4, 0.5) is 22.4 Å². The molecule has 10 heteroatoms. The second kappa shape index (κ2) is 9.29. The van der Waals surface area contributed by atoms with E-state index >= 15 is 0 Å². The van der Waals surface area contributed by atoms with Gasteiger partial charge in [-0.3, -0.25) is 5.10 Å². The standard InChI is InChI=1S/C20H30N8O2/c1-30-11-10-28(15-6-4-14(5-7-15)23-19(21)29)20-22-9-8-17(25-20)24-18-12-16(26-27-18)13-2-3-13/h8-9,12-15H,2-7,10-11H2,1H3,(H3,21,23,29)(H2,22,24,25,26,27)/t14-,15-. The summed E-state index contributed by atoms with van der Waals surface area (Å²) in [7, 11) is 1.69. The van der Waals surface area contributed by atoms with Crippen LogP contribution in [0, 0.1) is 0 Å². The highest BCUT2D eigenvalue weighted by Crippen LogP contribution is 2.39. The molecule has 2 aliphatic rings. The van der Waals surface area contributed by atoms with Gasteiger partial charge in [0.25, 0.3) is 0 Å². The minimum absolute atomic E-state index is 0.136. The number of aromatic amines is 1. The molecular weight excluding hydrogens is 384 g/mol. The van der Waals surface area contributed by atoms with Crippen LogP contribution in [0.5, 0.6) is 0 Å². The van der Waals surface area contributed by atoms with Crippen molar-refractivity contribution in [2.24, 2.45) is 5.73 Å². The van der Waals surface area contributed by atoms with Crippen LogP contribution >= 0.6 is 0 Å². The first-order valence-electron chi connectivity index (χ1n) is 10.6. The van der Waals surface area contributed by atoms with Crippen LogP contribution in [0.15, 0.2) is 18.3 Å². The number of primary amides is 1. The van der Waals surface area contributed by atoms with E-state index in [1.807, 2.05) is 6.07 Å². The van der Waals surface area contributed by atoms with Crippen molar-refractivity contribution in [3.05, 3.63) is 24.0 Å². The normalized spacial score (nSPS) is 21.2. The van der Waals surface area contributed by atoms with Crippen molar-refractivity contribution in [1.29, 1.82) is 0 Å². The molecule has 0 saturated heterocycles. The van der Waals surface area contributed by atoms with Gasteiger partial charge in [-0.05, 0) is 44.6 Å². The lowest BCUT2D eigenvalue weighted by atomic mass is 9.90. The Balaban J connectivity index is 1.44. The van der Waals surface area contributed by atoms with Gasteiger partial charge in [-0.25, -0.2) is 9.78 Å². The van der Waals surface area contributed by atoms with Gasteiger partial charge < -0.3 is 26.0 Å². The number of aromatic nitrogens is 4. The number of H-pyrrole nitrogens is 1. The zero-order valence-electron chi connectivity index (χ0n) is 17.3. The van der Waals surface area contributed by atoms with Crippen molar-refractivity contribution in [1.82, 2.24) is 25.5 Å². The average molecular weight is 415 g/mol. The summed E-state index contributed by atoms with van der Waals surface area (Å²) in [6, 6.07) is 3.86. The van der Waals surface area contributed by atoms with Crippen molar-refractivity contribution in [3.8, 4) is 0 Å². The van der Waals surface area contributed by atoms with Crippen LogP contribution in [-0.4, -0.2) is 58.5 Å².